The lowest BCUT2D eigenvalue weighted by molar-refractivity contribution is -0.137. The first-order valence-electron chi connectivity index (χ1n) is 8.90. The highest BCUT2D eigenvalue weighted by Gasteiger charge is 2.24. The summed E-state index contributed by atoms with van der Waals surface area (Å²) in [4.78, 5) is 26.1. The monoisotopic (exact) mass is 372 g/mol. The zero-order chi connectivity index (χ0) is 20.0. The van der Waals surface area contributed by atoms with Crippen LogP contribution in [0.1, 0.15) is 32.4 Å². The van der Waals surface area contributed by atoms with Crippen LogP contribution >= 0.6 is 0 Å². The highest BCUT2D eigenvalue weighted by atomic mass is 16.5. The molecule has 2 aromatic rings. The molecular weight excluding hydrogens is 344 g/mol. The summed E-state index contributed by atoms with van der Waals surface area (Å²) in [6, 6.07) is 9.11. The smallest absolute Gasteiger partial charge is 0.247 e. The molecular formula is C20H28N4O3. The first-order valence-corrected chi connectivity index (χ1v) is 8.90. The Balaban J connectivity index is 1.87. The van der Waals surface area contributed by atoms with Crippen LogP contribution < -0.4 is 10.1 Å². The molecule has 2 rings (SSSR count). The van der Waals surface area contributed by atoms with Crippen LogP contribution in [0, 0.1) is 0 Å². The van der Waals surface area contributed by atoms with Crippen LogP contribution in [0.2, 0.25) is 0 Å². The number of carbonyl (C=O) groups is 2. The molecule has 0 aliphatic heterocycles. The average Bonchev–Trinajstić information content (AvgIpc) is 3.20. The lowest BCUT2D eigenvalue weighted by Gasteiger charge is -2.27. The summed E-state index contributed by atoms with van der Waals surface area (Å²) >= 11 is 0. The number of benzene rings is 1. The molecule has 7 nitrogen and oxygen atoms in total. The lowest BCUT2D eigenvalue weighted by Crippen LogP contribution is -2.44. The maximum absolute atomic E-state index is 12.4. The summed E-state index contributed by atoms with van der Waals surface area (Å²) in [5, 5.41) is 7.00. The van der Waals surface area contributed by atoms with Gasteiger partial charge in [0.05, 0.1) is 13.7 Å². The van der Waals surface area contributed by atoms with Gasteiger partial charge in [-0.1, -0.05) is 26.0 Å². The van der Waals surface area contributed by atoms with Crippen molar-refractivity contribution < 1.29 is 14.3 Å². The molecule has 0 fully saturated rings. The van der Waals surface area contributed by atoms with Gasteiger partial charge in [-0.15, -0.1) is 0 Å². The second kappa shape index (κ2) is 8.70. The van der Waals surface area contributed by atoms with Crippen molar-refractivity contribution in [2.45, 2.75) is 32.2 Å². The van der Waals surface area contributed by atoms with Crippen molar-refractivity contribution in [2.24, 2.45) is 0 Å². The zero-order valence-electron chi connectivity index (χ0n) is 16.6. The summed E-state index contributed by atoms with van der Waals surface area (Å²) in [6.45, 7) is 6.35. The summed E-state index contributed by atoms with van der Waals surface area (Å²) in [7, 11) is 3.25. The number of nitrogens with zero attached hydrogens (tertiary/aromatic N) is 3. The number of methoxy groups -OCH3 is 1. The van der Waals surface area contributed by atoms with Crippen LogP contribution in [0.15, 0.2) is 42.7 Å². The fourth-order valence-corrected chi connectivity index (χ4v) is 2.75. The Labute approximate surface area is 160 Å². The van der Waals surface area contributed by atoms with E-state index in [1.165, 1.54) is 4.90 Å². The summed E-state index contributed by atoms with van der Waals surface area (Å²) in [5.74, 6) is 0.438. The Hall–Kier alpha value is -2.83. The predicted molar refractivity (Wildman–Crippen MR) is 104 cm³/mol. The average molecular weight is 372 g/mol. The van der Waals surface area contributed by atoms with Gasteiger partial charge in [0.2, 0.25) is 11.8 Å². The van der Waals surface area contributed by atoms with Gasteiger partial charge in [0, 0.05) is 31.4 Å². The van der Waals surface area contributed by atoms with Crippen molar-refractivity contribution in [1.82, 2.24) is 20.0 Å². The van der Waals surface area contributed by atoms with Crippen LogP contribution in [0.25, 0.3) is 0 Å². The van der Waals surface area contributed by atoms with Crippen LogP contribution in [0.3, 0.4) is 0 Å². The van der Waals surface area contributed by atoms with Gasteiger partial charge in [0.1, 0.15) is 11.8 Å². The number of ether oxygens (including phenoxy) is 1. The number of rotatable bonds is 8. The van der Waals surface area contributed by atoms with Crippen LogP contribution in [0.4, 0.5) is 0 Å². The summed E-state index contributed by atoms with van der Waals surface area (Å²) in [6.07, 6.45) is 3.35. The Morgan fingerprint density at radius 1 is 1.30 bits per heavy atom. The first-order chi connectivity index (χ1) is 12.7. The Morgan fingerprint density at radius 3 is 2.52 bits per heavy atom. The van der Waals surface area contributed by atoms with Crippen molar-refractivity contribution in [3.8, 4) is 5.75 Å². The third kappa shape index (κ3) is 5.32. The van der Waals surface area contributed by atoms with Crippen LogP contribution in [-0.4, -0.2) is 53.7 Å². The minimum Gasteiger partial charge on any atom is -0.497 e. The number of amides is 2. The van der Waals surface area contributed by atoms with E-state index in [4.69, 9.17) is 4.74 Å². The van der Waals surface area contributed by atoms with Crippen molar-refractivity contribution in [1.29, 1.82) is 0 Å². The van der Waals surface area contributed by atoms with E-state index in [-0.39, 0.29) is 23.8 Å². The number of carbonyl (C=O) groups excluding carboxylic acids is 2. The normalized spacial score (nSPS) is 12.3. The van der Waals surface area contributed by atoms with E-state index in [0.29, 0.717) is 6.54 Å². The Kier molecular flexibility index (Phi) is 6.60. The fraction of sp³-hybridized carbons (Fsp3) is 0.450. The number of hydrogen-bond acceptors (Lipinski definition) is 4. The molecule has 0 radical (unpaired) electrons. The first kappa shape index (κ1) is 20.5. The van der Waals surface area contributed by atoms with Gasteiger partial charge in [-0.2, -0.15) is 5.10 Å². The van der Waals surface area contributed by atoms with E-state index in [2.05, 4.69) is 24.3 Å². The molecule has 1 aromatic carbocycles. The second-order valence-corrected chi connectivity index (χ2v) is 7.25. The van der Waals surface area contributed by atoms with E-state index in [1.54, 1.807) is 44.2 Å². The third-order valence-corrected chi connectivity index (χ3v) is 4.64. The minimum atomic E-state index is -0.450. The van der Waals surface area contributed by atoms with Crippen molar-refractivity contribution in [3.05, 3.63) is 48.3 Å². The number of aromatic nitrogens is 2. The summed E-state index contributed by atoms with van der Waals surface area (Å²) in [5.41, 5.74) is 0.854. The maximum Gasteiger partial charge on any atom is 0.247 e. The molecule has 0 spiro atoms. The van der Waals surface area contributed by atoms with Gasteiger partial charge in [-0.25, -0.2) is 0 Å². The van der Waals surface area contributed by atoms with E-state index < -0.39 is 6.04 Å². The van der Waals surface area contributed by atoms with E-state index >= 15 is 0 Å². The largest absolute Gasteiger partial charge is 0.497 e. The maximum atomic E-state index is 12.4. The second-order valence-electron chi connectivity index (χ2n) is 7.25. The lowest BCUT2D eigenvalue weighted by atomic mass is 9.84. The number of hydrogen-bond donors (Lipinski definition) is 1. The van der Waals surface area contributed by atoms with E-state index in [1.807, 2.05) is 24.3 Å². The number of nitrogens with one attached hydrogen (secondary N) is 1. The highest BCUT2D eigenvalue weighted by Crippen LogP contribution is 2.24. The molecule has 1 atom stereocenters. The van der Waals surface area contributed by atoms with Crippen molar-refractivity contribution >= 4 is 11.8 Å². The molecule has 146 valence electrons. The SMILES string of the molecule is COc1ccc(C(C)(C)CNC(=O)CN(C)C(=O)C(C)n2cccn2)cc1. The minimum absolute atomic E-state index is 0.00311. The molecule has 1 unspecified atom stereocenters. The van der Waals surface area contributed by atoms with Crippen molar-refractivity contribution in [3.63, 3.8) is 0 Å². The van der Waals surface area contributed by atoms with Gasteiger partial charge in [0.15, 0.2) is 0 Å². The van der Waals surface area contributed by atoms with Gasteiger partial charge in [-0.05, 0) is 30.7 Å². The molecule has 1 aromatic heterocycles. The standard InChI is InChI=1S/C20H28N4O3/c1-15(24-12-6-11-22-24)19(26)23(4)13-18(25)21-14-20(2,3)16-7-9-17(27-5)10-8-16/h6-12,15H,13-14H2,1-5H3,(H,21,25). The molecule has 27 heavy (non-hydrogen) atoms. The molecule has 1 N–H and O–H groups in total. The molecule has 0 bridgehead atoms. The fourth-order valence-electron chi connectivity index (χ4n) is 2.75. The van der Waals surface area contributed by atoms with Gasteiger partial charge < -0.3 is 15.0 Å². The summed E-state index contributed by atoms with van der Waals surface area (Å²) < 4.78 is 6.75. The van der Waals surface area contributed by atoms with Gasteiger partial charge in [0.25, 0.3) is 0 Å². The van der Waals surface area contributed by atoms with Crippen LogP contribution in [-0.2, 0) is 15.0 Å². The molecule has 7 heteroatoms. The molecule has 1 heterocycles. The molecule has 0 aliphatic rings. The third-order valence-electron chi connectivity index (χ3n) is 4.64. The molecule has 0 aliphatic carbocycles. The Bertz CT molecular complexity index is 754. The van der Waals surface area contributed by atoms with Crippen LogP contribution in [0.5, 0.6) is 5.75 Å². The number of likely N-dealkylation sites (N-methyl/N-ethyl adjacent to an activating group) is 1. The predicted octanol–water partition coefficient (Wildman–Crippen LogP) is 2.01. The quantitative estimate of drug-likeness (QED) is 0.769. The van der Waals surface area contributed by atoms with Crippen molar-refractivity contribution in [2.75, 3.05) is 27.2 Å². The zero-order valence-corrected chi connectivity index (χ0v) is 16.6. The van der Waals surface area contributed by atoms with Gasteiger partial charge >= 0.3 is 0 Å². The van der Waals surface area contributed by atoms with E-state index in [0.717, 1.165) is 11.3 Å². The molecule has 2 amide bonds. The highest BCUT2D eigenvalue weighted by molar-refractivity contribution is 5.86. The topological polar surface area (TPSA) is 76.5 Å². The Morgan fingerprint density at radius 2 is 1.96 bits per heavy atom. The van der Waals surface area contributed by atoms with Gasteiger partial charge in [-0.3, -0.25) is 14.3 Å². The van der Waals surface area contributed by atoms with E-state index in [9.17, 15) is 9.59 Å². The molecule has 0 saturated heterocycles. The molecule has 0 saturated carbocycles.